The number of piperidine rings is 1. The van der Waals surface area contributed by atoms with Crippen molar-refractivity contribution < 1.29 is 14.3 Å². The van der Waals surface area contributed by atoms with E-state index in [1.54, 1.807) is 0 Å². The number of aliphatic carboxylic acids is 1. The van der Waals surface area contributed by atoms with Crippen molar-refractivity contribution in [3.63, 3.8) is 0 Å². The monoisotopic (exact) mass is 279 g/mol. The van der Waals surface area contributed by atoms with Gasteiger partial charge in [0, 0.05) is 19.0 Å². The molecule has 1 N–H and O–H groups in total. The number of carbonyl (C=O) groups is 1. The molecule has 4 heteroatoms. The highest BCUT2D eigenvalue weighted by Gasteiger charge is 2.24. The maximum absolute atomic E-state index is 13.0. The third-order valence-corrected chi connectivity index (χ3v) is 4.22. The maximum Gasteiger partial charge on any atom is 0.303 e. The van der Waals surface area contributed by atoms with Gasteiger partial charge in [0.25, 0.3) is 0 Å². The third kappa shape index (κ3) is 4.04. The summed E-state index contributed by atoms with van der Waals surface area (Å²) in [6.45, 7) is 4.10. The van der Waals surface area contributed by atoms with Crippen molar-refractivity contribution in [2.75, 3.05) is 13.1 Å². The van der Waals surface area contributed by atoms with Crippen molar-refractivity contribution in [2.45, 2.75) is 38.6 Å². The average Bonchev–Trinajstić information content (AvgIpc) is 2.45. The summed E-state index contributed by atoms with van der Waals surface area (Å²) < 4.78 is 13.0. The fraction of sp³-hybridized carbons (Fsp3) is 0.562. The molecule has 1 aromatic carbocycles. The number of likely N-dealkylation sites (tertiary alicyclic amines) is 1. The van der Waals surface area contributed by atoms with E-state index < -0.39 is 5.97 Å². The second-order valence-corrected chi connectivity index (χ2v) is 5.66. The van der Waals surface area contributed by atoms with Crippen molar-refractivity contribution in [1.29, 1.82) is 0 Å². The molecule has 20 heavy (non-hydrogen) atoms. The lowest BCUT2D eigenvalue weighted by molar-refractivity contribution is -0.137. The molecule has 2 atom stereocenters. The van der Waals surface area contributed by atoms with Crippen LogP contribution in [0.5, 0.6) is 0 Å². The summed E-state index contributed by atoms with van der Waals surface area (Å²) in [5.41, 5.74) is 1.12. The Morgan fingerprint density at radius 2 is 2.15 bits per heavy atom. The molecule has 1 heterocycles. The largest absolute Gasteiger partial charge is 0.481 e. The zero-order valence-corrected chi connectivity index (χ0v) is 11.9. The number of nitrogens with zero attached hydrogens (tertiary/aromatic N) is 1. The van der Waals surface area contributed by atoms with Crippen LogP contribution in [0.4, 0.5) is 4.39 Å². The standard InChI is InChI=1S/C16H22FNO2/c1-12(14-5-7-15(17)8-6-14)18-10-2-3-13(11-18)4-9-16(19)20/h5-8,12-13H,2-4,9-11H2,1H3,(H,19,20). The van der Waals surface area contributed by atoms with Gasteiger partial charge >= 0.3 is 5.97 Å². The van der Waals surface area contributed by atoms with E-state index in [1.165, 1.54) is 12.1 Å². The predicted molar refractivity (Wildman–Crippen MR) is 76.0 cm³/mol. The van der Waals surface area contributed by atoms with E-state index in [-0.39, 0.29) is 18.3 Å². The highest BCUT2D eigenvalue weighted by molar-refractivity contribution is 5.66. The third-order valence-electron chi connectivity index (χ3n) is 4.22. The summed E-state index contributed by atoms with van der Waals surface area (Å²) in [7, 11) is 0. The molecule has 1 aliphatic heterocycles. The number of hydrogen-bond acceptors (Lipinski definition) is 2. The van der Waals surface area contributed by atoms with Crippen LogP contribution in [0.1, 0.15) is 44.2 Å². The minimum atomic E-state index is -0.714. The minimum Gasteiger partial charge on any atom is -0.481 e. The number of benzene rings is 1. The van der Waals surface area contributed by atoms with Crippen molar-refractivity contribution in [2.24, 2.45) is 5.92 Å². The van der Waals surface area contributed by atoms with Crippen LogP contribution >= 0.6 is 0 Å². The first kappa shape index (κ1) is 15.0. The molecule has 0 saturated carbocycles. The van der Waals surface area contributed by atoms with Crippen molar-refractivity contribution in [3.05, 3.63) is 35.6 Å². The molecular weight excluding hydrogens is 257 g/mol. The van der Waals surface area contributed by atoms with Crippen LogP contribution in [0.2, 0.25) is 0 Å². The Bertz CT molecular complexity index is 446. The summed E-state index contributed by atoms with van der Waals surface area (Å²) in [6, 6.07) is 6.92. The molecule has 110 valence electrons. The van der Waals surface area contributed by atoms with Crippen molar-refractivity contribution in [1.82, 2.24) is 4.90 Å². The first-order valence-corrected chi connectivity index (χ1v) is 7.27. The van der Waals surface area contributed by atoms with E-state index in [9.17, 15) is 9.18 Å². The summed E-state index contributed by atoms with van der Waals surface area (Å²) in [4.78, 5) is 13.0. The van der Waals surface area contributed by atoms with Gasteiger partial charge in [-0.05, 0) is 56.3 Å². The summed E-state index contributed by atoms with van der Waals surface area (Å²) in [5.74, 6) is -0.463. The van der Waals surface area contributed by atoms with Gasteiger partial charge in [-0.2, -0.15) is 0 Å². The molecule has 1 aliphatic rings. The molecule has 1 aromatic rings. The van der Waals surface area contributed by atoms with E-state index in [2.05, 4.69) is 11.8 Å². The minimum absolute atomic E-state index is 0.209. The second-order valence-electron chi connectivity index (χ2n) is 5.66. The van der Waals surface area contributed by atoms with Crippen molar-refractivity contribution >= 4 is 5.97 Å². The van der Waals surface area contributed by atoms with Crippen LogP contribution in [0.3, 0.4) is 0 Å². The van der Waals surface area contributed by atoms with Gasteiger partial charge < -0.3 is 5.11 Å². The van der Waals surface area contributed by atoms with Gasteiger partial charge in [-0.1, -0.05) is 12.1 Å². The molecule has 0 amide bonds. The summed E-state index contributed by atoms with van der Waals surface area (Å²) in [6.07, 6.45) is 3.22. The molecule has 1 saturated heterocycles. The van der Waals surface area contributed by atoms with Gasteiger partial charge in [-0.3, -0.25) is 9.69 Å². The molecular formula is C16H22FNO2. The summed E-state index contributed by atoms with van der Waals surface area (Å²) >= 11 is 0. The Hall–Kier alpha value is -1.42. The van der Waals surface area contributed by atoms with Gasteiger partial charge in [0.2, 0.25) is 0 Å². The second kappa shape index (κ2) is 6.84. The van der Waals surface area contributed by atoms with Gasteiger partial charge in [-0.25, -0.2) is 4.39 Å². The van der Waals surface area contributed by atoms with Gasteiger partial charge in [-0.15, -0.1) is 0 Å². The number of carboxylic acids is 1. The van der Waals surface area contributed by atoms with Gasteiger partial charge in [0.15, 0.2) is 0 Å². The quantitative estimate of drug-likeness (QED) is 0.897. The van der Waals surface area contributed by atoms with Crippen LogP contribution in [-0.4, -0.2) is 29.1 Å². The van der Waals surface area contributed by atoms with Crippen molar-refractivity contribution in [3.8, 4) is 0 Å². The van der Waals surface area contributed by atoms with E-state index in [0.717, 1.165) is 37.9 Å². The molecule has 0 aromatic heterocycles. The van der Waals surface area contributed by atoms with Crippen LogP contribution < -0.4 is 0 Å². The maximum atomic E-state index is 13.0. The predicted octanol–water partition coefficient (Wildman–Crippen LogP) is 3.46. The van der Waals surface area contributed by atoms with Crippen LogP contribution in [0.15, 0.2) is 24.3 Å². The van der Waals surface area contributed by atoms with Crippen LogP contribution in [0, 0.1) is 11.7 Å². The van der Waals surface area contributed by atoms with E-state index in [1.807, 2.05) is 12.1 Å². The van der Waals surface area contributed by atoms with E-state index in [4.69, 9.17) is 5.11 Å². The fourth-order valence-corrected chi connectivity index (χ4v) is 2.96. The zero-order chi connectivity index (χ0) is 14.5. The number of hydrogen-bond donors (Lipinski definition) is 1. The number of carboxylic acid groups (broad SMARTS) is 1. The highest BCUT2D eigenvalue weighted by Crippen LogP contribution is 2.28. The summed E-state index contributed by atoms with van der Waals surface area (Å²) in [5, 5.41) is 8.77. The Morgan fingerprint density at radius 1 is 1.45 bits per heavy atom. The fourth-order valence-electron chi connectivity index (χ4n) is 2.96. The Balaban J connectivity index is 1.94. The Morgan fingerprint density at radius 3 is 2.80 bits per heavy atom. The lowest BCUT2D eigenvalue weighted by Gasteiger charge is -2.37. The van der Waals surface area contributed by atoms with E-state index in [0.29, 0.717) is 5.92 Å². The van der Waals surface area contributed by atoms with Gasteiger partial charge in [0.05, 0.1) is 0 Å². The molecule has 3 nitrogen and oxygen atoms in total. The van der Waals surface area contributed by atoms with Crippen LogP contribution in [0.25, 0.3) is 0 Å². The molecule has 0 radical (unpaired) electrons. The van der Waals surface area contributed by atoms with E-state index >= 15 is 0 Å². The number of halogens is 1. The molecule has 0 spiro atoms. The molecule has 0 aliphatic carbocycles. The average molecular weight is 279 g/mol. The number of rotatable bonds is 5. The first-order chi connectivity index (χ1) is 9.56. The Labute approximate surface area is 119 Å². The normalized spacial score (nSPS) is 21.6. The highest BCUT2D eigenvalue weighted by atomic mass is 19.1. The molecule has 2 unspecified atom stereocenters. The van der Waals surface area contributed by atoms with Gasteiger partial charge in [0.1, 0.15) is 5.82 Å². The zero-order valence-electron chi connectivity index (χ0n) is 11.9. The molecule has 0 bridgehead atoms. The SMILES string of the molecule is CC(c1ccc(F)cc1)N1CCCC(CCC(=O)O)C1. The smallest absolute Gasteiger partial charge is 0.303 e. The molecule has 2 rings (SSSR count). The topological polar surface area (TPSA) is 40.5 Å². The van der Waals surface area contributed by atoms with Crippen LogP contribution in [-0.2, 0) is 4.79 Å². The lowest BCUT2D eigenvalue weighted by Crippen LogP contribution is -2.37. The lowest BCUT2D eigenvalue weighted by atomic mass is 9.91. The molecule has 1 fully saturated rings. The first-order valence-electron chi connectivity index (χ1n) is 7.27. The Kier molecular flexibility index (Phi) is 5.12.